The van der Waals surface area contributed by atoms with E-state index < -0.39 is 5.97 Å². The van der Waals surface area contributed by atoms with Gasteiger partial charge in [-0.1, -0.05) is 24.3 Å². The first kappa shape index (κ1) is 11.1. The lowest BCUT2D eigenvalue weighted by atomic mass is 9.84. The third-order valence-electron chi connectivity index (χ3n) is 2.93. The number of carbonyl (C=O) groups is 1. The normalized spacial score (nSPS) is 18.9. The van der Waals surface area contributed by atoms with Crippen LogP contribution >= 0.6 is 0 Å². The number of rotatable bonds is 3. The van der Waals surface area contributed by atoms with Gasteiger partial charge in [0.25, 0.3) is 0 Å². The summed E-state index contributed by atoms with van der Waals surface area (Å²) in [5.41, 5.74) is 2.83. The van der Waals surface area contributed by atoms with Gasteiger partial charge in [0.05, 0.1) is 6.61 Å². The molecule has 0 aromatic heterocycles. The van der Waals surface area contributed by atoms with E-state index in [4.69, 9.17) is 4.89 Å². The Hall–Kier alpha value is -1.35. The third kappa shape index (κ3) is 2.83. The first-order valence-electron chi connectivity index (χ1n) is 5.62. The van der Waals surface area contributed by atoms with Gasteiger partial charge in [-0.2, -0.15) is 4.89 Å². The van der Waals surface area contributed by atoms with E-state index in [1.807, 2.05) is 0 Å². The summed E-state index contributed by atoms with van der Waals surface area (Å²) in [5.74, 6) is 0.0606. The molecule has 0 amide bonds. The molecule has 0 bridgehead atoms. The van der Waals surface area contributed by atoms with Crippen LogP contribution in [0.1, 0.15) is 24.5 Å². The first-order valence-corrected chi connectivity index (χ1v) is 5.62. The van der Waals surface area contributed by atoms with Crippen molar-refractivity contribution in [3.63, 3.8) is 0 Å². The molecule has 3 nitrogen and oxygen atoms in total. The fraction of sp³-hybridized carbons (Fsp3) is 0.462. The number of benzene rings is 1. The van der Waals surface area contributed by atoms with E-state index in [1.165, 1.54) is 18.1 Å². The Balaban J connectivity index is 1.86. The van der Waals surface area contributed by atoms with Crippen molar-refractivity contribution >= 4 is 5.97 Å². The molecular weight excluding hydrogens is 204 g/mol. The Kier molecular flexibility index (Phi) is 3.57. The van der Waals surface area contributed by atoms with E-state index in [-0.39, 0.29) is 0 Å². The summed E-state index contributed by atoms with van der Waals surface area (Å²) in [6.07, 6.45) is 3.19. The second kappa shape index (κ2) is 5.12. The summed E-state index contributed by atoms with van der Waals surface area (Å²) in [5, 5.41) is 0. The molecular formula is C13H16O3. The molecule has 0 aliphatic heterocycles. The highest BCUT2D eigenvalue weighted by Gasteiger charge is 2.18. The van der Waals surface area contributed by atoms with Crippen LogP contribution in [0.25, 0.3) is 0 Å². The minimum absolute atomic E-state index is 0.392. The van der Waals surface area contributed by atoms with E-state index in [0.29, 0.717) is 12.5 Å². The van der Waals surface area contributed by atoms with Gasteiger partial charge < -0.3 is 0 Å². The van der Waals surface area contributed by atoms with Crippen molar-refractivity contribution in [1.82, 2.24) is 0 Å². The fourth-order valence-corrected chi connectivity index (χ4v) is 2.13. The largest absolute Gasteiger partial charge is 0.339 e. The quantitative estimate of drug-likeness (QED) is 0.579. The van der Waals surface area contributed by atoms with Crippen LogP contribution in [0.15, 0.2) is 24.3 Å². The molecule has 1 aliphatic rings. The lowest BCUT2D eigenvalue weighted by Gasteiger charge is -2.23. The Morgan fingerprint density at radius 3 is 2.88 bits per heavy atom. The third-order valence-corrected chi connectivity index (χ3v) is 2.93. The molecule has 3 heteroatoms. The van der Waals surface area contributed by atoms with Crippen LogP contribution in [0.3, 0.4) is 0 Å². The van der Waals surface area contributed by atoms with Crippen molar-refractivity contribution in [3.8, 4) is 0 Å². The highest BCUT2D eigenvalue weighted by molar-refractivity contribution is 5.65. The monoisotopic (exact) mass is 220 g/mol. The van der Waals surface area contributed by atoms with Gasteiger partial charge in [-0.05, 0) is 36.3 Å². The maximum atomic E-state index is 10.5. The van der Waals surface area contributed by atoms with E-state index in [1.54, 1.807) is 0 Å². The summed E-state index contributed by atoms with van der Waals surface area (Å²) in [6.45, 7) is 1.84. The molecule has 0 saturated heterocycles. The highest BCUT2D eigenvalue weighted by atomic mass is 17.2. The molecule has 1 aromatic carbocycles. The van der Waals surface area contributed by atoms with Crippen molar-refractivity contribution in [2.24, 2.45) is 5.92 Å². The van der Waals surface area contributed by atoms with Gasteiger partial charge in [-0.15, -0.1) is 0 Å². The summed E-state index contributed by atoms with van der Waals surface area (Å²) < 4.78 is 0. The van der Waals surface area contributed by atoms with Crippen molar-refractivity contribution in [2.45, 2.75) is 26.2 Å². The van der Waals surface area contributed by atoms with Gasteiger partial charge in [-0.25, -0.2) is 4.79 Å². The van der Waals surface area contributed by atoms with Crippen molar-refractivity contribution in [2.75, 3.05) is 6.61 Å². The van der Waals surface area contributed by atoms with Gasteiger partial charge in [0, 0.05) is 6.92 Å². The maximum absolute atomic E-state index is 10.5. The molecule has 16 heavy (non-hydrogen) atoms. The predicted octanol–water partition coefficient (Wildman–Crippen LogP) is 2.29. The molecule has 1 atom stereocenters. The SMILES string of the molecule is CC(=O)OOCC1CCc2ccccc2C1. The van der Waals surface area contributed by atoms with Crippen LogP contribution in [0, 0.1) is 5.92 Å². The summed E-state index contributed by atoms with van der Waals surface area (Å²) in [4.78, 5) is 19.9. The second-order valence-electron chi connectivity index (χ2n) is 4.24. The average Bonchev–Trinajstić information content (AvgIpc) is 2.28. The van der Waals surface area contributed by atoms with Crippen molar-refractivity contribution in [1.29, 1.82) is 0 Å². The predicted molar refractivity (Wildman–Crippen MR) is 59.7 cm³/mol. The van der Waals surface area contributed by atoms with Gasteiger partial charge in [0.2, 0.25) is 0 Å². The first-order chi connectivity index (χ1) is 7.75. The Morgan fingerprint density at radius 2 is 2.12 bits per heavy atom. The Bertz CT molecular complexity index is 373. The zero-order valence-corrected chi connectivity index (χ0v) is 9.44. The molecule has 0 N–H and O–H groups in total. The summed E-state index contributed by atoms with van der Waals surface area (Å²) in [7, 11) is 0. The van der Waals surface area contributed by atoms with Crippen LogP contribution in [0.5, 0.6) is 0 Å². The van der Waals surface area contributed by atoms with Crippen molar-refractivity contribution < 1.29 is 14.6 Å². The minimum atomic E-state index is -0.392. The molecule has 0 spiro atoms. The Labute approximate surface area is 95.3 Å². The topological polar surface area (TPSA) is 35.5 Å². The van der Waals surface area contributed by atoms with Crippen LogP contribution in [-0.2, 0) is 27.4 Å². The molecule has 2 rings (SSSR count). The molecule has 1 unspecified atom stereocenters. The van der Waals surface area contributed by atoms with E-state index in [9.17, 15) is 4.79 Å². The van der Waals surface area contributed by atoms with Crippen molar-refractivity contribution in [3.05, 3.63) is 35.4 Å². The lowest BCUT2D eigenvalue weighted by Crippen LogP contribution is -2.19. The zero-order chi connectivity index (χ0) is 11.4. The standard InChI is InChI=1S/C13H16O3/c1-10(14)16-15-9-11-6-7-12-4-2-3-5-13(12)8-11/h2-5,11H,6-9H2,1H3. The zero-order valence-electron chi connectivity index (χ0n) is 9.44. The molecule has 0 radical (unpaired) electrons. The number of carbonyl (C=O) groups excluding carboxylic acids is 1. The number of fused-ring (bicyclic) bond motifs is 1. The van der Waals surface area contributed by atoms with Gasteiger partial charge in [0.15, 0.2) is 0 Å². The van der Waals surface area contributed by atoms with E-state index in [0.717, 1.165) is 19.3 Å². The second-order valence-corrected chi connectivity index (χ2v) is 4.24. The van der Waals surface area contributed by atoms with E-state index in [2.05, 4.69) is 29.2 Å². The van der Waals surface area contributed by atoms with E-state index >= 15 is 0 Å². The molecule has 86 valence electrons. The number of hydrogen-bond donors (Lipinski definition) is 0. The smallest absolute Gasteiger partial charge is 0.299 e. The fourth-order valence-electron chi connectivity index (χ4n) is 2.13. The molecule has 0 saturated carbocycles. The van der Waals surface area contributed by atoms with Crippen LogP contribution in [-0.4, -0.2) is 12.6 Å². The molecule has 0 fully saturated rings. The lowest BCUT2D eigenvalue weighted by molar-refractivity contribution is -0.276. The van der Waals surface area contributed by atoms with Crippen LogP contribution in [0.4, 0.5) is 0 Å². The van der Waals surface area contributed by atoms with Gasteiger partial charge in [-0.3, -0.25) is 4.89 Å². The number of hydrogen-bond acceptors (Lipinski definition) is 3. The highest BCUT2D eigenvalue weighted by Crippen LogP contribution is 2.25. The minimum Gasteiger partial charge on any atom is -0.299 e. The summed E-state index contributed by atoms with van der Waals surface area (Å²) in [6, 6.07) is 8.48. The Morgan fingerprint density at radius 1 is 1.38 bits per heavy atom. The average molecular weight is 220 g/mol. The van der Waals surface area contributed by atoms with Crippen LogP contribution in [0.2, 0.25) is 0 Å². The summed E-state index contributed by atoms with van der Waals surface area (Å²) >= 11 is 0. The van der Waals surface area contributed by atoms with Crippen LogP contribution < -0.4 is 0 Å². The van der Waals surface area contributed by atoms with Gasteiger partial charge >= 0.3 is 5.97 Å². The van der Waals surface area contributed by atoms with Gasteiger partial charge in [0.1, 0.15) is 0 Å². The molecule has 1 aromatic rings. The number of aryl methyl sites for hydroxylation is 1. The maximum Gasteiger partial charge on any atom is 0.339 e. The molecule has 1 aliphatic carbocycles. The molecule has 0 heterocycles.